The number of anilines is 2. The molecule has 0 bridgehead atoms. The van der Waals surface area contributed by atoms with Crippen molar-refractivity contribution in [3.05, 3.63) is 57.6 Å². The third-order valence-electron chi connectivity index (χ3n) is 6.92. The molecule has 0 fully saturated rings. The molecule has 0 saturated carbocycles. The van der Waals surface area contributed by atoms with E-state index in [4.69, 9.17) is 15.2 Å². The van der Waals surface area contributed by atoms with E-state index in [9.17, 15) is 9.59 Å². The van der Waals surface area contributed by atoms with E-state index in [1.165, 1.54) is 0 Å². The molecule has 2 aliphatic heterocycles. The van der Waals surface area contributed by atoms with E-state index < -0.39 is 0 Å². The Morgan fingerprint density at radius 1 is 1.20 bits per heavy atom. The van der Waals surface area contributed by atoms with Gasteiger partial charge >= 0.3 is 6.03 Å². The number of hydrogen-bond acceptors (Lipinski definition) is 6. The van der Waals surface area contributed by atoms with Gasteiger partial charge in [-0.3, -0.25) is 9.69 Å². The number of pyridine rings is 1. The topological polar surface area (TPSA) is 108 Å². The van der Waals surface area contributed by atoms with Crippen LogP contribution < -0.4 is 20.7 Å². The van der Waals surface area contributed by atoms with Gasteiger partial charge in [0.2, 0.25) is 5.82 Å². The van der Waals surface area contributed by atoms with E-state index in [-0.39, 0.29) is 21.5 Å². The van der Waals surface area contributed by atoms with Crippen molar-refractivity contribution in [3.8, 4) is 11.3 Å². The molecule has 9 nitrogen and oxygen atoms in total. The van der Waals surface area contributed by atoms with Gasteiger partial charge in [-0.1, -0.05) is 26.8 Å². The number of rotatable bonds is 4. The Labute approximate surface area is 204 Å². The Balaban J connectivity index is 1.45. The fourth-order valence-electron chi connectivity index (χ4n) is 5.45. The number of nitrogens with one attached hydrogen (secondary N) is 1. The van der Waals surface area contributed by atoms with Crippen LogP contribution in [0, 0.1) is 5.41 Å². The average Bonchev–Trinajstić information content (AvgIpc) is 3.25. The van der Waals surface area contributed by atoms with Crippen molar-refractivity contribution >= 4 is 23.2 Å². The molecule has 0 radical (unpaired) electrons. The number of urea groups is 1. The summed E-state index contributed by atoms with van der Waals surface area (Å²) in [4.78, 5) is 34.0. The highest BCUT2D eigenvalue weighted by Crippen LogP contribution is 2.43. The molecule has 1 unspecified atom stereocenters. The number of nitrogens with zero attached hydrogens (tertiary/aromatic N) is 4. The molecule has 0 saturated heterocycles. The highest BCUT2D eigenvalue weighted by Gasteiger charge is 2.50. The van der Waals surface area contributed by atoms with Crippen LogP contribution in [0.3, 0.4) is 0 Å². The van der Waals surface area contributed by atoms with Gasteiger partial charge in [0.15, 0.2) is 5.69 Å². The molecule has 2 aromatic heterocycles. The van der Waals surface area contributed by atoms with E-state index >= 15 is 0 Å². The quantitative estimate of drug-likeness (QED) is 0.438. The van der Waals surface area contributed by atoms with Crippen LogP contribution in [0.25, 0.3) is 11.3 Å². The van der Waals surface area contributed by atoms with Gasteiger partial charge in [-0.2, -0.15) is 5.16 Å². The number of quaternary nitrogens is 1. The second-order valence-corrected chi connectivity index (χ2v) is 11.1. The third kappa shape index (κ3) is 4.04. The summed E-state index contributed by atoms with van der Waals surface area (Å²) < 4.78 is 5.45. The predicted octanol–water partition coefficient (Wildman–Crippen LogP) is 3.72. The fraction of sp³-hybridized carbons (Fsp3) is 0.423. The minimum atomic E-state index is -0.152. The summed E-state index contributed by atoms with van der Waals surface area (Å²) in [6.45, 7) is 9.14. The average molecular weight is 478 g/mol. The maximum atomic E-state index is 13.2. The highest BCUT2D eigenvalue weighted by molar-refractivity contribution is 6.08. The maximum absolute atomic E-state index is 13.2. The van der Waals surface area contributed by atoms with Gasteiger partial charge in [-0.15, -0.1) is 0 Å². The molecule has 4 heterocycles. The lowest BCUT2D eigenvalue weighted by atomic mass is 9.95. The Hall–Kier alpha value is -3.43. The number of H-pyrrole nitrogens is 1. The fourth-order valence-corrected chi connectivity index (χ4v) is 5.45. The Morgan fingerprint density at radius 2 is 1.97 bits per heavy atom. The minimum absolute atomic E-state index is 0.0139. The van der Waals surface area contributed by atoms with Crippen LogP contribution in [0.2, 0.25) is 0 Å². The number of hydrogen-bond donors (Lipinski definition) is 2. The molecule has 1 aromatic carbocycles. The van der Waals surface area contributed by atoms with Crippen LogP contribution >= 0.6 is 0 Å². The Morgan fingerprint density at radius 3 is 2.71 bits per heavy atom. The van der Waals surface area contributed by atoms with Crippen LogP contribution in [0.4, 0.5) is 22.0 Å². The zero-order valence-electron chi connectivity index (χ0n) is 21.0. The standard InChI is InChI=1S/C26H32N6O3/c1-26(2,3)15-32(5)21-9-8-20(28-23(21)30(4)25(32)34)17-12-16(6-7-19(17)27)13-31-11-10-22-18(14-31)24(33)29-35-22/h6-9,12H,10-11,13-15H2,1-5H3,(H2-,27,28,29,33)/p+1. The minimum Gasteiger partial charge on any atom is -0.398 e. The monoisotopic (exact) mass is 477 g/mol. The van der Waals surface area contributed by atoms with Gasteiger partial charge in [-0.05, 0) is 23.8 Å². The van der Waals surface area contributed by atoms with Gasteiger partial charge < -0.3 is 10.3 Å². The number of nitrogen functional groups attached to an aromatic ring is 1. The molecule has 9 heteroatoms. The number of carbonyl (C=O) groups excluding carboxylic acids is 1. The molecule has 35 heavy (non-hydrogen) atoms. The lowest BCUT2D eigenvalue weighted by Crippen LogP contribution is -2.55. The van der Waals surface area contributed by atoms with Crippen LogP contribution in [-0.4, -0.2) is 48.3 Å². The lowest BCUT2D eigenvalue weighted by Gasteiger charge is -2.32. The molecule has 0 aliphatic carbocycles. The number of aromatic nitrogens is 2. The molecular formula is C26H33N6O3+. The Bertz CT molecular complexity index is 1370. The van der Waals surface area contributed by atoms with Crippen molar-refractivity contribution in [3.63, 3.8) is 0 Å². The van der Waals surface area contributed by atoms with Gasteiger partial charge in [0.1, 0.15) is 5.76 Å². The van der Waals surface area contributed by atoms with E-state index in [2.05, 4.69) is 36.9 Å². The normalized spacial score (nSPS) is 20.3. The van der Waals surface area contributed by atoms with E-state index in [0.29, 0.717) is 43.1 Å². The van der Waals surface area contributed by atoms with Crippen molar-refractivity contribution < 1.29 is 9.32 Å². The zero-order chi connectivity index (χ0) is 25.1. The molecule has 3 aromatic rings. The van der Waals surface area contributed by atoms with Crippen molar-refractivity contribution in [1.82, 2.24) is 19.5 Å². The molecule has 1 atom stereocenters. The van der Waals surface area contributed by atoms with E-state index in [1.807, 2.05) is 31.3 Å². The maximum Gasteiger partial charge on any atom is 0.429 e. The first kappa shape index (κ1) is 23.3. The number of nitrogens with two attached hydrogens (primary N) is 1. The summed E-state index contributed by atoms with van der Waals surface area (Å²) in [6.07, 6.45) is 0.703. The first-order valence-corrected chi connectivity index (χ1v) is 11.9. The second-order valence-electron chi connectivity index (χ2n) is 11.1. The smallest absolute Gasteiger partial charge is 0.398 e. The lowest BCUT2D eigenvalue weighted by molar-refractivity contribution is 0.201. The van der Waals surface area contributed by atoms with E-state index in [1.54, 1.807) is 11.9 Å². The van der Waals surface area contributed by atoms with Crippen molar-refractivity contribution in [2.24, 2.45) is 5.41 Å². The Kier molecular flexibility index (Phi) is 5.37. The number of aromatic amines is 1. The first-order valence-electron chi connectivity index (χ1n) is 11.9. The number of carbonyl (C=O) groups is 1. The summed E-state index contributed by atoms with van der Waals surface area (Å²) in [5.74, 6) is 1.42. The number of amides is 2. The molecule has 3 N–H and O–H groups in total. The summed E-state index contributed by atoms with van der Waals surface area (Å²) >= 11 is 0. The van der Waals surface area contributed by atoms with E-state index in [0.717, 1.165) is 34.8 Å². The molecular weight excluding hydrogens is 444 g/mol. The SMILES string of the molecule is CN1C(=O)[N+](C)(CC(C)(C)C)c2ccc(-c3cc(CN4CCc5o[nH]c(=O)c5C4)ccc3N)nc21. The van der Waals surface area contributed by atoms with Gasteiger partial charge in [-0.25, -0.2) is 19.2 Å². The van der Waals surface area contributed by atoms with Crippen molar-refractivity contribution in [1.29, 1.82) is 0 Å². The third-order valence-corrected chi connectivity index (χ3v) is 6.92. The molecule has 184 valence electrons. The molecule has 2 aliphatic rings. The summed E-state index contributed by atoms with van der Waals surface area (Å²) in [7, 11) is 3.74. The van der Waals surface area contributed by atoms with Gasteiger partial charge in [0, 0.05) is 55.8 Å². The van der Waals surface area contributed by atoms with Gasteiger partial charge in [0.05, 0.1) is 24.8 Å². The van der Waals surface area contributed by atoms with Crippen LogP contribution in [0.15, 0.2) is 39.6 Å². The van der Waals surface area contributed by atoms with Crippen LogP contribution in [0.1, 0.15) is 37.7 Å². The first-order chi connectivity index (χ1) is 16.5. The van der Waals surface area contributed by atoms with Crippen LogP contribution in [0.5, 0.6) is 0 Å². The van der Waals surface area contributed by atoms with Gasteiger partial charge in [0.25, 0.3) is 5.56 Å². The number of benzene rings is 1. The van der Waals surface area contributed by atoms with Crippen molar-refractivity contribution in [2.45, 2.75) is 40.3 Å². The number of fused-ring (bicyclic) bond motifs is 2. The summed E-state index contributed by atoms with van der Waals surface area (Å²) in [5, 5.41) is 2.44. The summed E-state index contributed by atoms with van der Waals surface area (Å²) in [6, 6.07) is 9.94. The zero-order valence-corrected chi connectivity index (χ0v) is 21.0. The molecule has 5 rings (SSSR count). The molecule has 2 amide bonds. The van der Waals surface area contributed by atoms with Crippen molar-refractivity contribution in [2.75, 3.05) is 37.8 Å². The predicted molar refractivity (Wildman–Crippen MR) is 137 cm³/mol. The molecule has 0 spiro atoms. The summed E-state index contributed by atoms with van der Waals surface area (Å²) in [5.41, 5.74) is 11.1. The van der Waals surface area contributed by atoms with Crippen LogP contribution in [-0.2, 0) is 19.5 Å². The largest absolute Gasteiger partial charge is 0.429 e. The highest BCUT2D eigenvalue weighted by atomic mass is 16.5. The second kappa shape index (κ2) is 8.07.